The number of fused-ring (bicyclic) bond motifs is 1. The molecule has 0 bridgehead atoms. The summed E-state index contributed by atoms with van der Waals surface area (Å²) < 4.78 is 5.35. The molecule has 0 saturated heterocycles. The molecular formula is C25H28N4OS. The van der Waals surface area contributed by atoms with E-state index < -0.39 is 0 Å². The third-order valence-corrected chi connectivity index (χ3v) is 6.35. The Morgan fingerprint density at radius 2 is 1.90 bits per heavy atom. The maximum Gasteiger partial charge on any atom is 0.138 e. The predicted molar refractivity (Wildman–Crippen MR) is 130 cm³/mol. The van der Waals surface area contributed by atoms with Gasteiger partial charge in [-0.1, -0.05) is 24.3 Å². The average molecular weight is 433 g/mol. The lowest BCUT2D eigenvalue weighted by molar-refractivity contribution is 0.403. The fourth-order valence-electron chi connectivity index (χ4n) is 3.74. The standard InChI is InChI=1S/C25H28N4OS/c1-16(26-25-22-11-10-20(30-5)13-23(22)27-17(2)28-25)24-12-19(15-31-24)21-9-7-6-8-18(21)14-29(3)4/h6-13,15-16H,14H2,1-5H3,(H,26,27,28)/t16-/m1/s1. The molecule has 2 heterocycles. The largest absolute Gasteiger partial charge is 0.497 e. The fourth-order valence-corrected chi connectivity index (χ4v) is 4.66. The number of nitrogens with zero attached hydrogens (tertiary/aromatic N) is 3. The second-order valence-electron chi connectivity index (χ2n) is 8.00. The van der Waals surface area contributed by atoms with Gasteiger partial charge in [0.2, 0.25) is 0 Å². The van der Waals surface area contributed by atoms with Crippen LogP contribution in [0, 0.1) is 6.92 Å². The summed E-state index contributed by atoms with van der Waals surface area (Å²) in [6.07, 6.45) is 0. The maximum atomic E-state index is 5.35. The summed E-state index contributed by atoms with van der Waals surface area (Å²) in [5.41, 5.74) is 4.77. The molecule has 4 aromatic rings. The van der Waals surface area contributed by atoms with E-state index in [0.717, 1.165) is 34.8 Å². The molecule has 6 heteroatoms. The highest BCUT2D eigenvalue weighted by Crippen LogP contribution is 2.34. The number of thiophene rings is 1. The van der Waals surface area contributed by atoms with E-state index >= 15 is 0 Å². The zero-order chi connectivity index (χ0) is 22.0. The van der Waals surface area contributed by atoms with E-state index in [1.807, 2.05) is 25.1 Å². The van der Waals surface area contributed by atoms with Crippen molar-refractivity contribution in [2.75, 3.05) is 26.5 Å². The lowest BCUT2D eigenvalue weighted by Gasteiger charge is -2.16. The van der Waals surface area contributed by atoms with Crippen LogP contribution < -0.4 is 10.1 Å². The van der Waals surface area contributed by atoms with Crippen LogP contribution in [-0.4, -0.2) is 36.1 Å². The first-order valence-corrected chi connectivity index (χ1v) is 11.2. The summed E-state index contributed by atoms with van der Waals surface area (Å²) >= 11 is 1.78. The number of methoxy groups -OCH3 is 1. The Balaban J connectivity index is 1.62. The van der Waals surface area contributed by atoms with E-state index in [4.69, 9.17) is 4.74 Å². The van der Waals surface area contributed by atoms with Crippen molar-refractivity contribution in [2.24, 2.45) is 0 Å². The molecular weight excluding hydrogens is 404 g/mol. The lowest BCUT2D eigenvalue weighted by Crippen LogP contribution is -2.11. The van der Waals surface area contributed by atoms with Crippen molar-refractivity contribution in [3.8, 4) is 16.9 Å². The molecule has 1 N–H and O–H groups in total. The zero-order valence-corrected chi connectivity index (χ0v) is 19.5. The summed E-state index contributed by atoms with van der Waals surface area (Å²) in [5, 5.41) is 6.84. The van der Waals surface area contributed by atoms with Gasteiger partial charge in [0.05, 0.1) is 18.7 Å². The number of rotatable bonds is 7. The summed E-state index contributed by atoms with van der Waals surface area (Å²) in [4.78, 5) is 12.7. The first-order valence-electron chi connectivity index (χ1n) is 10.3. The first kappa shape index (κ1) is 21.3. The Labute approximate surface area is 187 Å². The zero-order valence-electron chi connectivity index (χ0n) is 18.6. The Bertz CT molecular complexity index is 1200. The minimum Gasteiger partial charge on any atom is -0.497 e. The van der Waals surface area contributed by atoms with E-state index in [1.54, 1.807) is 18.4 Å². The van der Waals surface area contributed by atoms with E-state index in [-0.39, 0.29) is 6.04 Å². The summed E-state index contributed by atoms with van der Waals surface area (Å²) in [6, 6.07) is 17.0. The molecule has 31 heavy (non-hydrogen) atoms. The number of aromatic nitrogens is 2. The lowest BCUT2D eigenvalue weighted by atomic mass is 10.0. The van der Waals surface area contributed by atoms with Crippen molar-refractivity contribution in [3.05, 3.63) is 70.2 Å². The number of hydrogen-bond acceptors (Lipinski definition) is 6. The van der Waals surface area contributed by atoms with Crippen molar-refractivity contribution in [2.45, 2.75) is 26.4 Å². The van der Waals surface area contributed by atoms with E-state index in [9.17, 15) is 0 Å². The number of benzene rings is 2. The van der Waals surface area contributed by atoms with Gasteiger partial charge in [-0.2, -0.15) is 0 Å². The monoisotopic (exact) mass is 432 g/mol. The first-order chi connectivity index (χ1) is 14.9. The fraction of sp³-hybridized carbons (Fsp3) is 0.280. The average Bonchev–Trinajstić information content (AvgIpc) is 3.23. The Morgan fingerprint density at radius 1 is 1.10 bits per heavy atom. The van der Waals surface area contributed by atoms with Crippen LogP contribution in [0.15, 0.2) is 53.9 Å². The van der Waals surface area contributed by atoms with E-state index in [2.05, 4.69) is 76.9 Å². The number of hydrogen-bond donors (Lipinski definition) is 1. The van der Waals surface area contributed by atoms with Gasteiger partial charge in [0.25, 0.3) is 0 Å². The third-order valence-electron chi connectivity index (χ3n) is 5.23. The van der Waals surface area contributed by atoms with Crippen molar-refractivity contribution < 1.29 is 4.74 Å². The molecule has 0 aliphatic carbocycles. The molecule has 2 aromatic heterocycles. The summed E-state index contributed by atoms with van der Waals surface area (Å²) in [6.45, 7) is 5.01. The molecule has 0 unspecified atom stereocenters. The summed E-state index contributed by atoms with van der Waals surface area (Å²) in [7, 11) is 5.87. The molecule has 0 amide bonds. The smallest absolute Gasteiger partial charge is 0.138 e. The highest BCUT2D eigenvalue weighted by molar-refractivity contribution is 7.10. The molecule has 160 valence electrons. The molecule has 0 fully saturated rings. The topological polar surface area (TPSA) is 50.3 Å². The quantitative estimate of drug-likeness (QED) is 0.393. The minimum absolute atomic E-state index is 0.124. The molecule has 0 aliphatic heterocycles. The van der Waals surface area contributed by atoms with Gasteiger partial charge in [-0.25, -0.2) is 9.97 Å². The predicted octanol–water partition coefficient (Wildman–Crippen LogP) is 5.91. The van der Waals surface area contributed by atoms with Crippen LogP contribution in [0.2, 0.25) is 0 Å². The van der Waals surface area contributed by atoms with Crippen molar-refractivity contribution in [1.82, 2.24) is 14.9 Å². The molecule has 0 radical (unpaired) electrons. The van der Waals surface area contributed by atoms with Gasteiger partial charge in [0.1, 0.15) is 17.4 Å². The number of ether oxygens (including phenoxy) is 1. The van der Waals surface area contributed by atoms with Crippen molar-refractivity contribution in [1.29, 1.82) is 0 Å². The number of anilines is 1. The normalized spacial score (nSPS) is 12.3. The van der Waals surface area contributed by atoms with Gasteiger partial charge in [-0.15, -0.1) is 11.3 Å². The molecule has 0 aliphatic rings. The highest BCUT2D eigenvalue weighted by Gasteiger charge is 2.15. The van der Waals surface area contributed by atoms with Crippen LogP contribution in [-0.2, 0) is 6.54 Å². The molecule has 1 atom stereocenters. The van der Waals surface area contributed by atoms with Crippen LogP contribution in [0.4, 0.5) is 5.82 Å². The highest BCUT2D eigenvalue weighted by atomic mass is 32.1. The van der Waals surface area contributed by atoms with Crippen molar-refractivity contribution >= 4 is 28.1 Å². The molecule has 0 spiro atoms. The second kappa shape index (κ2) is 9.04. The molecule has 4 rings (SSSR count). The van der Waals surface area contributed by atoms with Crippen LogP contribution >= 0.6 is 11.3 Å². The van der Waals surface area contributed by atoms with Gasteiger partial charge in [0, 0.05) is 22.9 Å². The summed E-state index contributed by atoms with van der Waals surface area (Å²) in [5.74, 6) is 2.38. The van der Waals surface area contributed by atoms with Gasteiger partial charge in [-0.3, -0.25) is 0 Å². The van der Waals surface area contributed by atoms with Crippen LogP contribution in [0.1, 0.15) is 29.2 Å². The van der Waals surface area contributed by atoms with Crippen LogP contribution in [0.5, 0.6) is 5.75 Å². The third kappa shape index (κ3) is 4.70. The molecule has 2 aromatic carbocycles. The van der Waals surface area contributed by atoms with E-state index in [1.165, 1.54) is 21.6 Å². The SMILES string of the molecule is COc1ccc2c(N[C@H](C)c3cc(-c4ccccc4CN(C)C)cs3)nc(C)nc2c1. The van der Waals surface area contributed by atoms with Crippen LogP contribution in [0.3, 0.4) is 0 Å². The Morgan fingerprint density at radius 3 is 2.68 bits per heavy atom. The maximum absolute atomic E-state index is 5.35. The van der Waals surface area contributed by atoms with Crippen molar-refractivity contribution in [3.63, 3.8) is 0 Å². The van der Waals surface area contributed by atoms with Gasteiger partial charge in [0.15, 0.2) is 0 Å². The van der Waals surface area contributed by atoms with Gasteiger partial charge < -0.3 is 15.0 Å². The number of aryl methyl sites for hydroxylation is 1. The van der Waals surface area contributed by atoms with Gasteiger partial charge >= 0.3 is 0 Å². The Hall–Kier alpha value is -2.96. The molecule has 5 nitrogen and oxygen atoms in total. The Kier molecular flexibility index (Phi) is 6.20. The minimum atomic E-state index is 0.124. The number of nitrogens with one attached hydrogen (secondary N) is 1. The second-order valence-corrected chi connectivity index (χ2v) is 8.94. The molecule has 0 saturated carbocycles. The van der Waals surface area contributed by atoms with Crippen LogP contribution in [0.25, 0.3) is 22.0 Å². The van der Waals surface area contributed by atoms with E-state index in [0.29, 0.717) is 0 Å². The van der Waals surface area contributed by atoms with Gasteiger partial charge in [-0.05, 0) is 68.2 Å².